The average molecular weight is 265 g/mol. The Balaban J connectivity index is 1.74. The lowest BCUT2D eigenvalue weighted by atomic mass is 10.1. The fourth-order valence-corrected chi connectivity index (χ4v) is 2.79. The highest BCUT2D eigenvalue weighted by Gasteiger charge is 2.27. The molecule has 1 unspecified atom stereocenters. The molecule has 3 aromatic rings. The number of aryl methyl sites for hydroxylation is 2. The number of benzene rings is 1. The smallest absolute Gasteiger partial charge is 0.201 e. The van der Waals surface area contributed by atoms with Gasteiger partial charge in [0.2, 0.25) is 5.82 Å². The van der Waals surface area contributed by atoms with Crippen molar-refractivity contribution in [2.45, 2.75) is 18.9 Å². The van der Waals surface area contributed by atoms with Crippen LogP contribution in [0.5, 0.6) is 0 Å². The number of fused-ring (bicyclic) bond motifs is 1. The Kier molecular flexibility index (Phi) is 2.45. The van der Waals surface area contributed by atoms with Crippen LogP contribution >= 0.6 is 0 Å². The lowest BCUT2D eigenvalue weighted by Gasteiger charge is -2.11. The van der Waals surface area contributed by atoms with E-state index in [1.807, 2.05) is 25.4 Å². The van der Waals surface area contributed by atoms with E-state index in [1.54, 1.807) is 4.68 Å². The van der Waals surface area contributed by atoms with Crippen LogP contribution in [0.3, 0.4) is 0 Å². The summed E-state index contributed by atoms with van der Waals surface area (Å²) >= 11 is 0. The van der Waals surface area contributed by atoms with Crippen molar-refractivity contribution in [2.75, 3.05) is 0 Å². The maximum atomic E-state index is 4.66. The van der Waals surface area contributed by atoms with E-state index in [-0.39, 0.29) is 0 Å². The summed E-state index contributed by atoms with van der Waals surface area (Å²) < 4.78 is 3.83. The standard InChI is InChI=1S/C15H15N5/c1-19-10-9-12(17-19)15-16-14-8-7-13(20(14)18-15)11-5-3-2-4-6-11/h2-6,9-10,13H,7-8H2,1H3. The highest BCUT2D eigenvalue weighted by atomic mass is 15.4. The first kappa shape index (κ1) is 11.4. The van der Waals surface area contributed by atoms with E-state index in [2.05, 4.69) is 44.1 Å². The number of hydrogen-bond acceptors (Lipinski definition) is 3. The molecule has 0 spiro atoms. The molecule has 0 aliphatic carbocycles. The Bertz CT molecular complexity index is 741. The van der Waals surface area contributed by atoms with Crippen molar-refractivity contribution in [1.82, 2.24) is 24.5 Å². The molecular weight excluding hydrogens is 250 g/mol. The second-order valence-corrected chi connectivity index (χ2v) is 5.14. The molecule has 5 heteroatoms. The van der Waals surface area contributed by atoms with E-state index in [9.17, 15) is 0 Å². The fourth-order valence-electron chi connectivity index (χ4n) is 2.79. The van der Waals surface area contributed by atoms with Gasteiger partial charge in [-0.05, 0) is 18.1 Å². The molecule has 0 N–H and O–H groups in total. The zero-order valence-corrected chi connectivity index (χ0v) is 11.3. The Morgan fingerprint density at radius 1 is 1.10 bits per heavy atom. The third-order valence-corrected chi connectivity index (χ3v) is 3.77. The molecule has 0 amide bonds. The minimum atomic E-state index is 0.302. The van der Waals surface area contributed by atoms with Crippen LogP contribution in [0.2, 0.25) is 0 Å². The molecule has 4 rings (SSSR count). The number of aromatic nitrogens is 5. The zero-order chi connectivity index (χ0) is 13.5. The second-order valence-electron chi connectivity index (χ2n) is 5.14. The van der Waals surface area contributed by atoms with Gasteiger partial charge in [-0.2, -0.15) is 5.10 Å². The van der Waals surface area contributed by atoms with Gasteiger partial charge in [0.15, 0.2) is 0 Å². The van der Waals surface area contributed by atoms with Crippen LogP contribution in [-0.2, 0) is 13.5 Å². The number of rotatable bonds is 2. The van der Waals surface area contributed by atoms with Crippen molar-refractivity contribution in [2.24, 2.45) is 7.05 Å². The van der Waals surface area contributed by atoms with Crippen LogP contribution in [0.25, 0.3) is 11.5 Å². The van der Waals surface area contributed by atoms with Gasteiger partial charge < -0.3 is 0 Å². The van der Waals surface area contributed by atoms with E-state index >= 15 is 0 Å². The molecule has 1 atom stereocenters. The van der Waals surface area contributed by atoms with Gasteiger partial charge in [-0.25, -0.2) is 9.67 Å². The van der Waals surface area contributed by atoms with E-state index in [1.165, 1.54) is 5.56 Å². The summed E-state index contributed by atoms with van der Waals surface area (Å²) in [5, 5.41) is 9.03. The van der Waals surface area contributed by atoms with Crippen LogP contribution in [0.4, 0.5) is 0 Å². The zero-order valence-electron chi connectivity index (χ0n) is 11.3. The normalized spacial score (nSPS) is 17.4. The van der Waals surface area contributed by atoms with Gasteiger partial charge in [-0.1, -0.05) is 30.3 Å². The van der Waals surface area contributed by atoms with Crippen LogP contribution in [-0.4, -0.2) is 24.5 Å². The van der Waals surface area contributed by atoms with E-state index in [4.69, 9.17) is 0 Å². The Morgan fingerprint density at radius 2 is 1.95 bits per heavy atom. The maximum Gasteiger partial charge on any atom is 0.201 e. The highest BCUT2D eigenvalue weighted by Crippen LogP contribution is 2.31. The Morgan fingerprint density at radius 3 is 2.70 bits per heavy atom. The van der Waals surface area contributed by atoms with Gasteiger partial charge in [0.1, 0.15) is 11.5 Å². The minimum Gasteiger partial charge on any atom is -0.275 e. The third kappa shape index (κ3) is 1.74. The SMILES string of the molecule is Cn1ccc(-c2nc3n(n2)C(c2ccccc2)CC3)n1. The maximum absolute atomic E-state index is 4.66. The highest BCUT2D eigenvalue weighted by molar-refractivity contribution is 5.47. The van der Waals surface area contributed by atoms with Gasteiger partial charge in [0.25, 0.3) is 0 Å². The van der Waals surface area contributed by atoms with Crippen molar-refractivity contribution >= 4 is 0 Å². The second kappa shape index (κ2) is 4.30. The topological polar surface area (TPSA) is 48.5 Å². The summed E-state index contributed by atoms with van der Waals surface area (Å²) in [5.41, 5.74) is 2.13. The largest absolute Gasteiger partial charge is 0.275 e. The minimum absolute atomic E-state index is 0.302. The summed E-state index contributed by atoms with van der Waals surface area (Å²) in [6, 6.07) is 12.7. The molecule has 20 heavy (non-hydrogen) atoms. The van der Waals surface area contributed by atoms with Crippen molar-refractivity contribution in [3.8, 4) is 11.5 Å². The first-order chi connectivity index (χ1) is 9.81. The number of nitrogens with zero attached hydrogens (tertiary/aromatic N) is 5. The molecule has 1 aromatic carbocycles. The molecule has 1 aliphatic heterocycles. The molecule has 1 aliphatic rings. The first-order valence-electron chi connectivity index (χ1n) is 6.81. The van der Waals surface area contributed by atoms with E-state index in [0.717, 1.165) is 30.2 Å². The molecule has 0 radical (unpaired) electrons. The quantitative estimate of drug-likeness (QED) is 0.713. The molecule has 5 nitrogen and oxygen atoms in total. The molecular formula is C15H15N5. The first-order valence-corrected chi connectivity index (χ1v) is 6.81. The van der Waals surface area contributed by atoms with E-state index in [0.29, 0.717) is 6.04 Å². The molecule has 0 saturated carbocycles. The van der Waals surface area contributed by atoms with Gasteiger partial charge in [0, 0.05) is 19.7 Å². The summed E-state index contributed by atoms with van der Waals surface area (Å²) in [7, 11) is 1.90. The predicted molar refractivity (Wildman–Crippen MR) is 75.1 cm³/mol. The molecule has 0 saturated heterocycles. The summed E-state index contributed by atoms with van der Waals surface area (Å²) in [5.74, 6) is 1.78. The lowest BCUT2D eigenvalue weighted by molar-refractivity contribution is 0.556. The van der Waals surface area contributed by atoms with Crippen LogP contribution in [0, 0.1) is 0 Å². The van der Waals surface area contributed by atoms with Crippen molar-refractivity contribution in [3.63, 3.8) is 0 Å². The van der Waals surface area contributed by atoms with Gasteiger partial charge in [-0.15, -0.1) is 5.10 Å². The summed E-state index contributed by atoms with van der Waals surface area (Å²) in [6.07, 6.45) is 3.96. The van der Waals surface area contributed by atoms with E-state index < -0.39 is 0 Å². The predicted octanol–water partition coefficient (Wildman–Crippen LogP) is 2.21. The molecule has 2 aromatic heterocycles. The van der Waals surface area contributed by atoms with Crippen molar-refractivity contribution in [1.29, 1.82) is 0 Å². The summed E-state index contributed by atoms with van der Waals surface area (Å²) in [4.78, 5) is 4.63. The third-order valence-electron chi connectivity index (χ3n) is 3.77. The van der Waals surface area contributed by atoms with Crippen molar-refractivity contribution in [3.05, 3.63) is 54.0 Å². The average Bonchev–Trinajstić information content (AvgIpc) is 3.13. The van der Waals surface area contributed by atoms with Gasteiger partial charge >= 0.3 is 0 Å². The van der Waals surface area contributed by atoms with Crippen LogP contribution in [0.15, 0.2) is 42.6 Å². The molecule has 3 heterocycles. The molecule has 0 fully saturated rings. The van der Waals surface area contributed by atoms with Gasteiger partial charge in [-0.3, -0.25) is 4.68 Å². The Hall–Kier alpha value is -2.43. The van der Waals surface area contributed by atoms with Crippen LogP contribution in [0.1, 0.15) is 23.9 Å². The number of hydrogen-bond donors (Lipinski definition) is 0. The Labute approximate surface area is 116 Å². The van der Waals surface area contributed by atoms with Gasteiger partial charge in [0.05, 0.1) is 6.04 Å². The van der Waals surface area contributed by atoms with Crippen molar-refractivity contribution < 1.29 is 0 Å². The van der Waals surface area contributed by atoms with Crippen LogP contribution < -0.4 is 0 Å². The molecule has 0 bridgehead atoms. The molecule has 100 valence electrons. The monoisotopic (exact) mass is 265 g/mol. The fraction of sp³-hybridized carbons (Fsp3) is 0.267. The lowest BCUT2D eigenvalue weighted by Crippen LogP contribution is -2.07. The summed E-state index contributed by atoms with van der Waals surface area (Å²) in [6.45, 7) is 0.